The molecule has 28 heavy (non-hydrogen) atoms. The number of nitrogens with one attached hydrogen (secondary N) is 1. The SMILES string of the molecule is CC1CCCN(c2ncc(C(=O)Nc3ccc(N4CCCCC4)cc3)cn2)C1. The summed E-state index contributed by atoms with van der Waals surface area (Å²) in [6.45, 7) is 6.45. The Labute approximate surface area is 167 Å². The number of amides is 1. The Morgan fingerprint density at radius 2 is 1.64 bits per heavy atom. The van der Waals surface area contributed by atoms with Crippen molar-refractivity contribution in [3.8, 4) is 0 Å². The van der Waals surface area contributed by atoms with Gasteiger partial charge in [0.1, 0.15) is 0 Å². The first-order valence-corrected chi connectivity index (χ1v) is 10.4. The number of piperidine rings is 2. The summed E-state index contributed by atoms with van der Waals surface area (Å²) < 4.78 is 0. The largest absolute Gasteiger partial charge is 0.372 e. The molecule has 1 amide bonds. The highest BCUT2D eigenvalue weighted by molar-refractivity contribution is 6.03. The average molecular weight is 380 g/mol. The number of nitrogens with zero attached hydrogens (tertiary/aromatic N) is 4. The Balaban J connectivity index is 1.36. The van der Waals surface area contributed by atoms with Gasteiger partial charge in [-0.25, -0.2) is 9.97 Å². The molecule has 148 valence electrons. The average Bonchev–Trinajstić information content (AvgIpc) is 2.75. The normalized spacial score (nSPS) is 20.1. The van der Waals surface area contributed by atoms with Gasteiger partial charge >= 0.3 is 0 Å². The highest BCUT2D eigenvalue weighted by Gasteiger charge is 2.19. The van der Waals surface area contributed by atoms with E-state index in [2.05, 4.69) is 44.1 Å². The summed E-state index contributed by atoms with van der Waals surface area (Å²) in [4.78, 5) is 26.0. The number of rotatable bonds is 4. The third kappa shape index (κ3) is 4.43. The van der Waals surface area contributed by atoms with E-state index in [9.17, 15) is 4.79 Å². The zero-order valence-electron chi connectivity index (χ0n) is 16.6. The minimum atomic E-state index is -0.177. The highest BCUT2D eigenvalue weighted by atomic mass is 16.1. The number of anilines is 3. The van der Waals surface area contributed by atoms with Gasteiger partial charge in [0.25, 0.3) is 5.91 Å². The van der Waals surface area contributed by atoms with Crippen molar-refractivity contribution in [2.75, 3.05) is 41.3 Å². The van der Waals surface area contributed by atoms with Crippen LogP contribution in [0.4, 0.5) is 17.3 Å². The molecule has 6 heteroatoms. The number of hydrogen-bond acceptors (Lipinski definition) is 5. The van der Waals surface area contributed by atoms with Crippen molar-refractivity contribution in [1.82, 2.24) is 9.97 Å². The van der Waals surface area contributed by atoms with Gasteiger partial charge in [-0.1, -0.05) is 6.92 Å². The summed E-state index contributed by atoms with van der Waals surface area (Å²) in [6.07, 6.45) is 9.50. The molecular formula is C22H29N5O. The highest BCUT2D eigenvalue weighted by Crippen LogP contribution is 2.22. The number of carbonyl (C=O) groups excluding carboxylic acids is 1. The van der Waals surface area contributed by atoms with E-state index >= 15 is 0 Å². The maximum absolute atomic E-state index is 12.5. The van der Waals surface area contributed by atoms with Crippen molar-refractivity contribution in [1.29, 1.82) is 0 Å². The summed E-state index contributed by atoms with van der Waals surface area (Å²) in [7, 11) is 0. The Morgan fingerprint density at radius 3 is 2.32 bits per heavy atom. The summed E-state index contributed by atoms with van der Waals surface area (Å²) in [6, 6.07) is 8.09. The molecule has 6 nitrogen and oxygen atoms in total. The van der Waals surface area contributed by atoms with Crippen LogP contribution in [0.2, 0.25) is 0 Å². The quantitative estimate of drug-likeness (QED) is 0.871. The number of hydrogen-bond donors (Lipinski definition) is 1. The van der Waals surface area contributed by atoms with Crippen LogP contribution < -0.4 is 15.1 Å². The predicted octanol–water partition coefficient (Wildman–Crippen LogP) is 3.96. The number of carbonyl (C=O) groups is 1. The first-order chi connectivity index (χ1) is 13.7. The Morgan fingerprint density at radius 1 is 0.964 bits per heavy atom. The molecule has 0 radical (unpaired) electrons. The van der Waals surface area contributed by atoms with Gasteiger partial charge in [0.15, 0.2) is 0 Å². The van der Waals surface area contributed by atoms with Crippen molar-refractivity contribution < 1.29 is 4.79 Å². The second kappa shape index (κ2) is 8.59. The molecule has 1 aromatic heterocycles. The summed E-state index contributed by atoms with van der Waals surface area (Å²) >= 11 is 0. The lowest BCUT2D eigenvalue weighted by molar-refractivity contribution is 0.102. The molecule has 1 atom stereocenters. The molecule has 2 aromatic rings. The van der Waals surface area contributed by atoms with Gasteiger partial charge in [0.2, 0.25) is 5.95 Å². The van der Waals surface area contributed by atoms with Crippen LogP contribution in [0.3, 0.4) is 0 Å². The van der Waals surface area contributed by atoms with Crippen LogP contribution in [0.15, 0.2) is 36.7 Å². The minimum Gasteiger partial charge on any atom is -0.372 e. The maximum Gasteiger partial charge on any atom is 0.258 e. The van der Waals surface area contributed by atoms with E-state index < -0.39 is 0 Å². The van der Waals surface area contributed by atoms with Crippen molar-refractivity contribution in [3.05, 3.63) is 42.2 Å². The van der Waals surface area contributed by atoms with Crippen LogP contribution in [0.5, 0.6) is 0 Å². The van der Waals surface area contributed by atoms with E-state index in [-0.39, 0.29) is 5.91 Å². The van der Waals surface area contributed by atoms with Crippen molar-refractivity contribution in [3.63, 3.8) is 0 Å². The summed E-state index contributed by atoms with van der Waals surface area (Å²) in [5, 5.41) is 2.94. The standard InChI is InChI=1S/C22H29N5O/c1-17-6-5-13-27(16-17)22-23-14-18(15-24-22)21(28)25-19-7-9-20(10-8-19)26-11-3-2-4-12-26/h7-10,14-15,17H,2-6,11-13,16H2,1H3,(H,25,28). The predicted molar refractivity (Wildman–Crippen MR) is 113 cm³/mol. The lowest BCUT2D eigenvalue weighted by Crippen LogP contribution is -2.35. The second-order valence-electron chi connectivity index (χ2n) is 8.01. The van der Waals surface area contributed by atoms with E-state index in [0.717, 1.165) is 31.9 Å². The molecule has 0 spiro atoms. The molecule has 4 rings (SSSR count). The smallest absolute Gasteiger partial charge is 0.258 e. The number of aromatic nitrogens is 2. The van der Waals surface area contributed by atoms with Crippen LogP contribution in [-0.2, 0) is 0 Å². The number of benzene rings is 1. The zero-order valence-corrected chi connectivity index (χ0v) is 16.6. The fourth-order valence-corrected chi connectivity index (χ4v) is 4.08. The van der Waals surface area contributed by atoms with Gasteiger partial charge in [-0.05, 0) is 62.3 Å². The Kier molecular flexibility index (Phi) is 5.74. The molecule has 3 heterocycles. The first kappa shape index (κ1) is 18.7. The minimum absolute atomic E-state index is 0.177. The molecule has 0 saturated carbocycles. The topological polar surface area (TPSA) is 61.4 Å². The molecule has 0 aliphatic carbocycles. The van der Waals surface area contributed by atoms with Gasteiger partial charge < -0.3 is 15.1 Å². The van der Waals surface area contributed by atoms with E-state index in [1.165, 1.54) is 37.8 Å². The summed E-state index contributed by atoms with van der Waals surface area (Å²) in [5.74, 6) is 1.20. The fourth-order valence-electron chi connectivity index (χ4n) is 4.08. The van der Waals surface area contributed by atoms with Gasteiger partial charge in [0.05, 0.1) is 5.56 Å². The molecule has 0 bridgehead atoms. The van der Waals surface area contributed by atoms with Gasteiger partial charge in [-0.2, -0.15) is 0 Å². The van der Waals surface area contributed by atoms with E-state index in [4.69, 9.17) is 0 Å². The van der Waals surface area contributed by atoms with Crippen LogP contribution in [0.1, 0.15) is 49.4 Å². The van der Waals surface area contributed by atoms with Gasteiger partial charge in [0, 0.05) is 49.9 Å². The Hall–Kier alpha value is -2.63. The molecular weight excluding hydrogens is 350 g/mol. The monoisotopic (exact) mass is 379 g/mol. The Bertz CT molecular complexity index is 784. The zero-order chi connectivity index (χ0) is 19.3. The molecule has 2 saturated heterocycles. The lowest BCUT2D eigenvalue weighted by atomic mass is 10.0. The van der Waals surface area contributed by atoms with Gasteiger partial charge in [-0.3, -0.25) is 4.79 Å². The molecule has 2 fully saturated rings. The fraction of sp³-hybridized carbons (Fsp3) is 0.500. The van der Waals surface area contributed by atoms with Crippen LogP contribution in [0.25, 0.3) is 0 Å². The molecule has 1 aromatic carbocycles. The van der Waals surface area contributed by atoms with Crippen LogP contribution in [-0.4, -0.2) is 42.1 Å². The molecule has 1 unspecified atom stereocenters. The molecule has 2 aliphatic rings. The van der Waals surface area contributed by atoms with E-state index in [0.29, 0.717) is 17.4 Å². The first-order valence-electron chi connectivity index (χ1n) is 10.4. The third-order valence-corrected chi connectivity index (χ3v) is 5.69. The van der Waals surface area contributed by atoms with Crippen LogP contribution in [0, 0.1) is 5.92 Å². The third-order valence-electron chi connectivity index (χ3n) is 5.69. The second-order valence-corrected chi connectivity index (χ2v) is 8.01. The molecule has 1 N–H and O–H groups in total. The molecule has 2 aliphatic heterocycles. The van der Waals surface area contributed by atoms with Crippen LogP contribution >= 0.6 is 0 Å². The summed E-state index contributed by atoms with van der Waals surface area (Å²) in [5.41, 5.74) is 2.50. The van der Waals surface area contributed by atoms with E-state index in [1.54, 1.807) is 12.4 Å². The maximum atomic E-state index is 12.5. The van der Waals surface area contributed by atoms with E-state index in [1.807, 2.05) is 12.1 Å². The van der Waals surface area contributed by atoms with Crippen molar-refractivity contribution in [2.45, 2.75) is 39.0 Å². The van der Waals surface area contributed by atoms with Crippen molar-refractivity contribution >= 4 is 23.2 Å². The lowest BCUT2D eigenvalue weighted by Gasteiger charge is -2.30. The van der Waals surface area contributed by atoms with Crippen molar-refractivity contribution in [2.24, 2.45) is 5.92 Å². The van der Waals surface area contributed by atoms with Gasteiger partial charge in [-0.15, -0.1) is 0 Å².